The van der Waals surface area contributed by atoms with Crippen LogP contribution in [0.5, 0.6) is 11.5 Å². The van der Waals surface area contributed by atoms with Crippen molar-refractivity contribution in [2.45, 2.75) is 32.7 Å². The number of carboxylic acid groups (broad SMARTS) is 1. The molecule has 0 fully saturated rings. The molecule has 0 bridgehead atoms. The molecule has 6 aromatic rings. The predicted molar refractivity (Wildman–Crippen MR) is 171 cm³/mol. The van der Waals surface area contributed by atoms with Gasteiger partial charge in [0.25, 0.3) is 0 Å². The molecule has 0 radical (unpaired) electrons. The van der Waals surface area contributed by atoms with Crippen LogP contribution in [0.25, 0.3) is 33.2 Å². The quantitative estimate of drug-likeness (QED) is 0.215. The fraction of sp³-hybridized carbons (Fsp3) is 0.132. The molecule has 0 saturated heterocycles. The zero-order chi connectivity index (χ0) is 29.3. The fourth-order valence-electron chi connectivity index (χ4n) is 5.49. The standard InChI is InChI=1S/C38H33NO3/c1-38(2,3)30-20-17-27(18-21-30)29-19-22-33-34(24-29)39(36(37(40)41)35(33)28-12-6-4-7-13-28)25-26-11-10-16-32(23-26)42-31-14-8-5-9-15-31/h4-24H,25H2,1-3H3,(H,40,41). The van der Waals surface area contributed by atoms with Gasteiger partial charge in [0, 0.05) is 17.5 Å². The molecular formula is C38H33NO3. The number of aromatic nitrogens is 1. The summed E-state index contributed by atoms with van der Waals surface area (Å²) >= 11 is 0. The van der Waals surface area contributed by atoms with E-state index < -0.39 is 5.97 Å². The van der Waals surface area contributed by atoms with Gasteiger partial charge < -0.3 is 14.4 Å². The van der Waals surface area contributed by atoms with Crippen LogP contribution < -0.4 is 4.74 Å². The third-order valence-electron chi connectivity index (χ3n) is 7.63. The van der Waals surface area contributed by atoms with Crippen LogP contribution in [0.3, 0.4) is 0 Å². The summed E-state index contributed by atoms with van der Waals surface area (Å²) in [5.41, 5.74) is 7.16. The number of ether oxygens (including phenoxy) is 1. The van der Waals surface area contributed by atoms with Gasteiger partial charge in [0.05, 0.1) is 5.52 Å². The van der Waals surface area contributed by atoms with Crippen molar-refractivity contribution in [1.29, 1.82) is 0 Å². The van der Waals surface area contributed by atoms with Gasteiger partial charge in [0.2, 0.25) is 0 Å². The molecule has 0 aliphatic carbocycles. The van der Waals surface area contributed by atoms with Crippen molar-refractivity contribution in [3.8, 4) is 33.8 Å². The van der Waals surface area contributed by atoms with Crippen molar-refractivity contribution >= 4 is 16.9 Å². The van der Waals surface area contributed by atoms with Crippen molar-refractivity contribution < 1.29 is 14.6 Å². The number of hydrogen-bond acceptors (Lipinski definition) is 2. The van der Waals surface area contributed by atoms with Gasteiger partial charge in [-0.1, -0.05) is 118 Å². The molecule has 4 nitrogen and oxygen atoms in total. The van der Waals surface area contributed by atoms with Gasteiger partial charge in [-0.15, -0.1) is 0 Å². The van der Waals surface area contributed by atoms with E-state index in [0.29, 0.717) is 12.3 Å². The van der Waals surface area contributed by atoms with E-state index >= 15 is 0 Å². The van der Waals surface area contributed by atoms with E-state index in [-0.39, 0.29) is 11.1 Å². The topological polar surface area (TPSA) is 51.5 Å². The Morgan fingerprint density at radius 3 is 2.00 bits per heavy atom. The van der Waals surface area contributed by atoms with E-state index in [0.717, 1.165) is 44.5 Å². The Labute approximate surface area is 246 Å². The number of benzene rings is 5. The highest BCUT2D eigenvalue weighted by atomic mass is 16.5. The van der Waals surface area contributed by atoms with Crippen LogP contribution in [-0.4, -0.2) is 15.6 Å². The van der Waals surface area contributed by atoms with Crippen molar-refractivity contribution in [1.82, 2.24) is 4.57 Å². The summed E-state index contributed by atoms with van der Waals surface area (Å²) in [7, 11) is 0. The maximum atomic E-state index is 12.9. The van der Waals surface area contributed by atoms with E-state index in [2.05, 4.69) is 63.2 Å². The summed E-state index contributed by atoms with van der Waals surface area (Å²) in [6.07, 6.45) is 0. The molecule has 0 spiro atoms. The Bertz CT molecular complexity index is 1860. The first-order valence-corrected chi connectivity index (χ1v) is 14.2. The summed E-state index contributed by atoms with van der Waals surface area (Å²) in [4.78, 5) is 12.9. The molecule has 0 atom stereocenters. The summed E-state index contributed by atoms with van der Waals surface area (Å²) in [5, 5.41) is 11.5. The smallest absolute Gasteiger partial charge is 0.353 e. The van der Waals surface area contributed by atoms with Crippen LogP contribution in [0.4, 0.5) is 0 Å². The average molecular weight is 552 g/mol. The van der Waals surface area contributed by atoms with Gasteiger partial charge in [-0.05, 0) is 63.6 Å². The minimum absolute atomic E-state index is 0.0664. The first-order valence-electron chi connectivity index (χ1n) is 14.2. The monoisotopic (exact) mass is 551 g/mol. The van der Waals surface area contributed by atoms with Crippen molar-refractivity contribution in [2.75, 3.05) is 0 Å². The molecule has 5 aromatic carbocycles. The van der Waals surface area contributed by atoms with E-state index in [1.54, 1.807) is 0 Å². The third-order valence-corrected chi connectivity index (χ3v) is 7.63. The molecule has 42 heavy (non-hydrogen) atoms. The maximum Gasteiger partial charge on any atom is 0.353 e. The van der Waals surface area contributed by atoms with Crippen LogP contribution in [0, 0.1) is 0 Å². The second-order valence-corrected chi connectivity index (χ2v) is 11.6. The molecule has 208 valence electrons. The minimum atomic E-state index is -0.960. The Morgan fingerprint density at radius 1 is 0.690 bits per heavy atom. The second-order valence-electron chi connectivity index (χ2n) is 11.6. The molecule has 6 rings (SSSR count). The summed E-state index contributed by atoms with van der Waals surface area (Å²) in [6.45, 7) is 7.00. The molecule has 0 aliphatic heterocycles. The highest BCUT2D eigenvalue weighted by Gasteiger charge is 2.24. The van der Waals surface area contributed by atoms with Crippen LogP contribution in [0.2, 0.25) is 0 Å². The van der Waals surface area contributed by atoms with Crippen molar-refractivity contribution in [2.24, 2.45) is 0 Å². The predicted octanol–water partition coefficient (Wildman–Crippen LogP) is 9.81. The van der Waals surface area contributed by atoms with E-state index in [1.807, 2.05) is 89.5 Å². The lowest BCUT2D eigenvalue weighted by molar-refractivity contribution is 0.0687. The molecule has 0 unspecified atom stereocenters. The number of hydrogen-bond donors (Lipinski definition) is 1. The minimum Gasteiger partial charge on any atom is -0.477 e. The van der Waals surface area contributed by atoms with Gasteiger partial charge in [0.15, 0.2) is 0 Å². The van der Waals surface area contributed by atoms with Crippen molar-refractivity contribution in [3.05, 3.63) is 144 Å². The van der Waals surface area contributed by atoms with Crippen LogP contribution >= 0.6 is 0 Å². The second kappa shape index (κ2) is 11.1. The Kier molecular flexibility index (Phi) is 7.13. The van der Waals surface area contributed by atoms with Gasteiger partial charge in [-0.3, -0.25) is 0 Å². The van der Waals surface area contributed by atoms with Gasteiger partial charge >= 0.3 is 5.97 Å². The highest BCUT2D eigenvalue weighted by Crippen LogP contribution is 2.38. The molecule has 1 N–H and O–H groups in total. The van der Waals surface area contributed by atoms with E-state index in [4.69, 9.17) is 4.74 Å². The fourth-order valence-corrected chi connectivity index (χ4v) is 5.49. The first-order chi connectivity index (χ1) is 20.3. The molecule has 0 saturated carbocycles. The summed E-state index contributed by atoms with van der Waals surface area (Å²) in [5.74, 6) is 0.494. The largest absolute Gasteiger partial charge is 0.477 e. The normalized spacial score (nSPS) is 11.5. The molecule has 0 amide bonds. The van der Waals surface area contributed by atoms with Gasteiger partial charge in [-0.25, -0.2) is 4.79 Å². The Balaban J connectivity index is 1.49. The lowest BCUT2D eigenvalue weighted by atomic mass is 9.86. The third kappa shape index (κ3) is 5.44. The molecular weight excluding hydrogens is 518 g/mol. The number of nitrogens with zero attached hydrogens (tertiary/aromatic N) is 1. The van der Waals surface area contributed by atoms with Crippen molar-refractivity contribution in [3.63, 3.8) is 0 Å². The average Bonchev–Trinajstić information content (AvgIpc) is 3.31. The van der Waals surface area contributed by atoms with E-state index in [9.17, 15) is 9.90 Å². The maximum absolute atomic E-state index is 12.9. The van der Waals surface area contributed by atoms with Crippen LogP contribution in [0.15, 0.2) is 127 Å². The Hall–Kier alpha value is -5.09. The Morgan fingerprint density at radius 2 is 1.33 bits per heavy atom. The van der Waals surface area contributed by atoms with Crippen LogP contribution in [0.1, 0.15) is 42.4 Å². The number of para-hydroxylation sites is 1. The van der Waals surface area contributed by atoms with Gasteiger partial charge in [-0.2, -0.15) is 0 Å². The lowest BCUT2D eigenvalue weighted by Gasteiger charge is -2.19. The molecule has 4 heteroatoms. The zero-order valence-corrected chi connectivity index (χ0v) is 24.0. The number of aromatic carboxylic acids is 1. The zero-order valence-electron chi connectivity index (χ0n) is 24.0. The number of rotatable bonds is 7. The number of fused-ring (bicyclic) bond motifs is 1. The van der Waals surface area contributed by atoms with Gasteiger partial charge in [0.1, 0.15) is 17.2 Å². The van der Waals surface area contributed by atoms with Crippen LogP contribution in [-0.2, 0) is 12.0 Å². The first kappa shape index (κ1) is 27.1. The lowest BCUT2D eigenvalue weighted by Crippen LogP contribution is -2.11. The number of carbonyl (C=O) groups is 1. The summed E-state index contributed by atoms with van der Waals surface area (Å²) < 4.78 is 8.01. The molecule has 0 aliphatic rings. The summed E-state index contributed by atoms with van der Waals surface area (Å²) in [6, 6.07) is 42.2. The molecule has 1 aromatic heterocycles. The number of carboxylic acids is 1. The van der Waals surface area contributed by atoms with E-state index in [1.165, 1.54) is 5.56 Å². The SMILES string of the molecule is CC(C)(C)c1ccc(-c2ccc3c(-c4ccccc4)c(C(=O)O)n(Cc4cccc(Oc5ccccc5)c4)c3c2)cc1. The highest BCUT2D eigenvalue weighted by molar-refractivity contribution is 6.09. The molecule has 1 heterocycles.